The van der Waals surface area contributed by atoms with Gasteiger partial charge in [0.15, 0.2) is 17.1 Å². The van der Waals surface area contributed by atoms with E-state index in [9.17, 15) is 49.5 Å². The smallest absolute Gasteiger partial charge is 0.303 e. The lowest BCUT2D eigenvalue weighted by atomic mass is 9.55. The van der Waals surface area contributed by atoms with Crippen molar-refractivity contribution in [1.29, 1.82) is 0 Å². The second-order valence-corrected chi connectivity index (χ2v) is 12.0. The van der Waals surface area contributed by atoms with Gasteiger partial charge in [0.1, 0.15) is 17.1 Å². The molecule has 9 N–H and O–H groups in total. The molecule has 3 aliphatic rings. The second-order valence-electron chi connectivity index (χ2n) is 10.9. The highest BCUT2D eigenvalue weighted by atomic mass is 79.9. The van der Waals surface area contributed by atoms with Gasteiger partial charge in [0.2, 0.25) is 11.7 Å². The van der Waals surface area contributed by atoms with Gasteiger partial charge in [-0.1, -0.05) is 28.9 Å². The molecule has 3 aliphatic carbocycles. The van der Waals surface area contributed by atoms with Crippen LogP contribution in [0.3, 0.4) is 0 Å². The number of carbonyl (C=O) groups excluding carboxylic acids is 4. The van der Waals surface area contributed by atoms with Gasteiger partial charge in [0.25, 0.3) is 5.91 Å². The number of benzene rings is 1. The van der Waals surface area contributed by atoms with Crippen LogP contribution in [0.5, 0.6) is 5.75 Å². The molecule has 0 fully saturated rings. The first kappa shape index (κ1) is 34.2. The summed E-state index contributed by atoms with van der Waals surface area (Å²) in [5.74, 6) is -12.1. The molecular weight excluding hydrogens is 702 g/mol. The maximum Gasteiger partial charge on any atom is 0.303 e. The Hall–Kier alpha value is -3.31. The van der Waals surface area contributed by atoms with E-state index in [1.54, 1.807) is 6.92 Å². The van der Waals surface area contributed by atoms with Crippen LogP contribution in [-0.4, -0.2) is 102 Å². The fourth-order valence-electron chi connectivity index (χ4n) is 6.32. The number of carboxylic acid groups (broad SMARTS) is 1. The number of fused-ring (bicyclic) bond motifs is 3. The van der Waals surface area contributed by atoms with Crippen molar-refractivity contribution in [3.63, 3.8) is 0 Å². The normalized spacial score (nSPS) is 28.9. The van der Waals surface area contributed by atoms with Crippen LogP contribution in [-0.2, 0) is 19.2 Å². The van der Waals surface area contributed by atoms with E-state index in [4.69, 9.17) is 10.8 Å². The van der Waals surface area contributed by atoms with Crippen LogP contribution in [0, 0.1) is 11.8 Å². The summed E-state index contributed by atoms with van der Waals surface area (Å²) in [5, 5.41) is 67.9. The van der Waals surface area contributed by atoms with Crippen molar-refractivity contribution in [1.82, 2.24) is 4.90 Å². The Labute approximate surface area is 263 Å². The highest BCUT2D eigenvalue weighted by molar-refractivity contribution is 9.10. The number of aliphatic hydroxyl groups excluding tert-OH is 3. The van der Waals surface area contributed by atoms with Gasteiger partial charge in [0.05, 0.1) is 34.1 Å². The molecule has 16 heteroatoms. The van der Waals surface area contributed by atoms with Gasteiger partial charge in [-0.15, -0.1) is 17.0 Å². The number of carboxylic acids is 1. The largest absolute Gasteiger partial charge is 0.510 e. The molecule has 0 bridgehead atoms. The Morgan fingerprint density at radius 1 is 1.16 bits per heavy atom. The van der Waals surface area contributed by atoms with Crippen molar-refractivity contribution < 1.29 is 54.6 Å². The Balaban J connectivity index is 0.00000506. The monoisotopic (exact) mass is 731 g/mol. The fourth-order valence-corrected chi connectivity index (χ4v) is 6.66. The van der Waals surface area contributed by atoms with E-state index >= 15 is 0 Å². The number of alkyl halides is 1. The van der Waals surface area contributed by atoms with Crippen molar-refractivity contribution in [3.05, 3.63) is 45.9 Å². The van der Waals surface area contributed by atoms with Crippen LogP contribution in [0.4, 0.5) is 5.69 Å². The number of phenols is 1. The number of phenolic OH excluding ortho intramolecular Hbond substituents is 1. The topological polar surface area (TPSA) is 248 Å². The molecule has 0 heterocycles. The number of aromatic hydroxyl groups is 1. The van der Waals surface area contributed by atoms with Crippen molar-refractivity contribution in [2.75, 3.05) is 19.4 Å². The molecule has 4 rings (SSSR count). The molecular formula is C27H31Br2N3O11. The number of aliphatic hydroxyl groups is 4. The van der Waals surface area contributed by atoms with E-state index in [0.29, 0.717) is 0 Å². The average molecular weight is 733 g/mol. The number of nitrogens with one attached hydrogen (secondary N) is 1. The number of primary amides is 1. The number of rotatable bonds is 7. The van der Waals surface area contributed by atoms with E-state index in [1.165, 1.54) is 31.1 Å². The highest BCUT2D eigenvalue weighted by Gasteiger charge is 2.67. The first-order valence-corrected chi connectivity index (χ1v) is 13.7. The summed E-state index contributed by atoms with van der Waals surface area (Å²) < 4.78 is 0. The number of aliphatic carboxylic acids is 1. The van der Waals surface area contributed by atoms with Gasteiger partial charge in [-0.05, 0) is 38.1 Å². The van der Waals surface area contributed by atoms with E-state index in [1.807, 2.05) is 0 Å². The van der Waals surface area contributed by atoms with Crippen LogP contribution in [0.2, 0.25) is 0 Å². The quantitative estimate of drug-likeness (QED) is 0.110. The number of hydrogen-bond donors (Lipinski definition) is 8. The molecule has 43 heavy (non-hydrogen) atoms. The predicted molar refractivity (Wildman–Crippen MR) is 158 cm³/mol. The Morgan fingerprint density at radius 3 is 2.30 bits per heavy atom. The van der Waals surface area contributed by atoms with E-state index < -0.39 is 98.1 Å². The minimum absolute atomic E-state index is 0. The molecule has 14 nitrogen and oxygen atoms in total. The minimum Gasteiger partial charge on any atom is -0.510 e. The SMILES string of the molecule is Br.CC1c2ccc(NC(=O)C(Br)CCC(=O)O)c(O)c2C(=O)C2=C(O)[C@]3(O)C(=O)C(C(N)=O)=C(O)[C@@H](N(C)C)C3C(O)C21. The summed E-state index contributed by atoms with van der Waals surface area (Å²) in [5.41, 5.74) is 0.327. The van der Waals surface area contributed by atoms with Crippen molar-refractivity contribution in [2.45, 2.75) is 48.3 Å². The molecule has 0 saturated heterocycles. The van der Waals surface area contributed by atoms with Gasteiger partial charge >= 0.3 is 5.97 Å². The number of amides is 2. The molecule has 0 radical (unpaired) electrons. The molecule has 2 amide bonds. The summed E-state index contributed by atoms with van der Waals surface area (Å²) in [7, 11) is 2.88. The Bertz CT molecular complexity index is 1490. The van der Waals surface area contributed by atoms with Crippen LogP contribution in [0.1, 0.15) is 41.6 Å². The molecule has 1 aromatic carbocycles. The number of Topliss-reactive ketones (excluding diaryl/α,β-unsaturated/α-hetero) is 2. The van der Waals surface area contributed by atoms with Crippen LogP contribution in [0.15, 0.2) is 34.8 Å². The number of halogens is 2. The van der Waals surface area contributed by atoms with Gasteiger partial charge in [-0.3, -0.25) is 28.9 Å². The Morgan fingerprint density at radius 2 is 1.77 bits per heavy atom. The first-order chi connectivity index (χ1) is 19.5. The van der Waals surface area contributed by atoms with Gasteiger partial charge < -0.3 is 41.7 Å². The zero-order valence-electron chi connectivity index (χ0n) is 23.1. The summed E-state index contributed by atoms with van der Waals surface area (Å²) in [6, 6.07) is 1.36. The summed E-state index contributed by atoms with van der Waals surface area (Å²) >= 11 is 3.08. The standard InChI is InChI=1S/C27H30BrN3O11.BrH/c1-8-9-4-6-11(30-26(41)10(28)5-7-12(32)33)19(34)14(9)20(35)15-13(8)21(36)17-18(31(2)3)22(37)16(25(29)40)24(39)27(17,42)23(15)38;/h4,6,8,10,13,17-18,21,34,36-38,42H,5,7H2,1-3H3,(H2,29,40)(H,30,41)(H,32,33);1H/t8?,10?,13?,17?,18-,21?,27-;/m0./s1. The van der Waals surface area contributed by atoms with Crippen molar-refractivity contribution >= 4 is 67.9 Å². The van der Waals surface area contributed by atoms with Crippen LogP contribution >= 0.6 is 32.9 Å². The molecule has 7 atom stereocenters. The third-order valence-electron chi connectivity index (χ3n) is 8.29. The zero-order chi connectivity index (χ0) is 31.6. The van der Waals surface area contributed by atoms with E-state index in [2.05, 4.69) is 21.2 Å². The fraction of sp³-hybridized carbons (Fsp3) is 0.444. The third-order valence-corrected chi connectivity index (χ3v) is 9.16. The number of anilines is 1. The number of nitrogens with zero attached hydrogens (tertiary/aromatic N) is 1. The number of carbonyl (C=O) groups is 5. The van der Waals surface area contributed by atoms with E-state index in [0.717, 1.165) is 0 Å². The molecule has 5 unspecified atom stereocenters. The molecule has 0 spiro atoms. The molecule has 0 aliphatic heterocycles. The summed E-state index contributed by atoms with van der Waals surface area (Å²) in [6.07, 6.45) is -2.11. The molecule has 234 valence electrons. The second kappa shape index (κ2) is 12.0. The lowest BCUT2D eigenvalue weighted by Crippen LogP contribution is -2.68. The number of nitrogens with two attached hydrogens (primary N) is 1. The predicted octanol–water partition coefficient (Wildman–Crippen LogP) is 0.797. The maximum atomic E-state index is 13.9. The zero-order valence-corrected chi connectivity index (χ0v) is 26.4. The van der Waals surface area contributed by atoms with E-state index in [-0.39, 0.29) is 46.6 Å². The third kappa shape index (κ3) is 5.14. The number of hydrogen-bond acceptors (Lipinski definition) is 11. The highest BCUT2D eigenvalue weighted by Crippen LogP contribution is 2.56. The lowest BCUT2D eigenvalue weighted by Gasteiger charge is -2.53. The number of ketones is 2. The van der Waals surface area contributed by atoms with Crippen LogP contribution < -0.4 is 11.1 Å². The maximum absolute atomic E-state index is 13.9. The summed E-state index contributed by atoms with van der Waals surface area (Å²) in [4.78, 5) is 63.2. The molecule has 0 aromatic heterocycles. The van der Waals surface area contributed by atoms with Gasteiger partial charge in [-0.25, -0.2) is 0 Å². The Kier molecular flexibility index (Phi) is 9.54. The van der Waals surface area contributed by atoms with Gasteiger partial charge in [-0.2, -0.15) is 0 Å². The average Bonchev–Trinajstić information content (AvgIpc) is 2.90. The minimum atomic E-state index is -3.04. The van der Waals surface area contributed by atoms with Crippen molar-refractivity contribution in [2.24, 2.45) is 17.6 Å². The first-order valence-electron chi connectivity index (χ1n) is 12.8. The summed E-state index contributed by atoms with van der Waals surface area (Å²) in [6.45, 7) is 1.58. The van der Waals surface area contributed by atoms with Crippen molar-refractivity contribution in [3.8, 4) is 5.75 Å². The molecule has 0 saturated carbocycles. The molecule has 1 aromatic rings. The lowest BCUT2D eigenvalue weighted by molar-refractivity contribution is -0.162. The van der Waals surface area contributed by atoms with Gasteiger partial charge in [0, 0.05) is 17.9 Å². The number of likely N-dealkylation sites (N-methyl/N-ethyl adjacent to an activating group) is 1. The van der Waals surface area contributed by atoms with Crippen LogP contribution in [0.25, 0.3) is 0 Å².